The highest BCUT2D eigenvalue weighted by atomic mass is 32.2. The first kappa shape index (κ1) is 30.2. The molecule has 0 spiro atoms. The molecule has 1 aromatic heterocycles. The van der Waals surface area contributed by atoms with E-state index in [9.17, 15) is 27.5 Å². The molecule has 0 aliphatic carbocycles. The summed E-state index contributed by atoms with van der Waals surface area (Å²) in [5, 5.41) is 13.6. The van der Waals surface area contributed by atoms with Gasteiger partial charge in [0.05, 0.1) is 27.9 Å². The van der Waals surface area contributed by atoms with Gasteiger partial charge in [0.1, 0.15) is 5.82 Å². The van der Waals surface area contributed by atoms with Crippen molar-refractivity contribution in [1.82, 2.24) is 14.8 Å². The zero-order valence-electron chi connectivity index (χ0n) is 24.7. The molecule has 4 heterocycles. The maximum atomic E-state index is 13.7. The second-order valence-corrected chi connectivity index (χ2v) is 14.0. The Morgan fingerprint density at radius 2 is 1.75 bits per heavy atom. The fraction of sp³-hybridized carbons (Fsp3) is 0.394. The summed E-state index contributed by atoms with van der Waals surface area (Å²) in [4.78, 5) is 34.2. The van der Waals surface area contributed by atoms with Crippen LogP contribution in [0.5, 0.6) is 0 Å². The number of carbonyl (C=O) groups is 2. The van der Waals surface area contributed by atoms with Gasteiger partial charge in [-0.3, -0.25) is 9.59 Å². The molecule has 1 atom stereocenters. The minimum atomic E-state index is -3.78. The molecule has 3 aliphatic rings. The van der Waals surface area contributed by atoms with E-state index in [0.717, 1.165) is 38.0 Å². The zero-order valence-corrected chi connectivity index (χ0v) is 25.6. The monoisotopic (exact) mass is 620 g/mol. The predicted molar refractivity (Wildman–Crippen MR) is 166 cm³/mol. The molecular formula is C33H37FN4O5S. The fourth-order valence-electron chi connectivity index (χ4n) is 6.47. The Kier molecular flexibility index (Phi) is 8.45. The summed E-state index contributed by atoms with van der Waals surface area (Å²) in [7, 11) is -3.78. The number of β-amino-alcohol motifs (C(OH)–C–C–N with tert-alkyl or cyclic N) is 1. The highest BCUT2D eigenvalue weighted by molar-refractivity contribution is 7.90. The Hall–Kier alpha value is -3.80. The van der Waals surface area contributed by atoms with Crippen molar-refractivity contribution in [2.75, 3.05) is 38.0 Å². The first-order valence-corrected chi connectivity index (χ1v) is 16.8. The maximum absolute atomic E-state index is 13.7. The molecule has 0 unspecified atom stereocenters. The van der Waals surface area contributed by atoms with Crippen molar-refractivity contribution in [2.45, 2.75) is 55.8 Å². The highest BCUT2D eigenvalue weighted by Crippen LogP contribution is 2.36. The van der Waals surface area contributed by atoms with Crippen LogP contribution in [-0.4, -0.2) is 79.0 Å². The average molecular weight is 621 g/mol. The summed E-state index contributed by atoms with van der Waals surface area (Å²) in [6.07, 6.45) is 5.92. The summed E-state index contributed by atoms with van der Waals surface area (Å²) in [6.45, 7) is 5.16. The van der Waals surface area contributed by atoms with Gasteiger partial charge in [-0.05, 0) is 93.2 Å². The van der Waals surface area contributed by atoms with Gasteiger partial charge in [0.25, 0.3) is 11.8 Å². The third kappa shape index (κ3) is 6.22. The standard InChI is InChI=1S/C33H37FN4O5S/c1-21-30(35-29-6-5-15-38(33(41)31(21)29)19-24(39)18-37-13-3-2-4-14-37)17-27-26-16-25(11-12-28(26)36-32(27)40)44(42,43)20-22-7-9-23(34)10-8-22/h7-12,16-17,24,35,39H,2-6,13-15,18-20H2,1H3,(H,36,40)/b27-17-/t24-/m1/s1. The van der Waals surface area contributed by atoms with E-state index in [2.05, 4.69) is 15.2 Å². The molecule has 3 N–H and O–H groups in total. The molecule has 3 aliphatic heterocycles. The molecule has 9 nitrogen and oxygen atoms in total. The normalized spacial score (nSPS) is 19.1. The number of piperidine rings is 1. The van der Waals surface area contributed by atoms with Gasteiger partial charge in [-0.1, -0.05) is 18.6 Å². The number of aliphatic hydroxyl groups excluding tert-OH is 1. The Morgan fingerprint density at radius 3 is 2.50 bits per heavy atom. The number of benzene rings is 2. The number of halogens is 1. The van der Waals surface area contributed by atoms with E-state index in [0.29, 0.717) is 58.7 Å². The summed E-state index contributed by atoms with van der Waals surface area (Å²) in [5.74, 6) is -1.26. The van der Waals surface area contributed by atoms with Crippen LogP contribution in [-0.2, 0) is 26.8 Å². The van der Waals surface area contributed by atoms with Crippen molar-refractivity contribution in [3.63, 3.8) is 0 Å². The molecule has 0 saturated carbocycles. The van der Waals surface area contributed by atoms with Gasteiger partial charge >= 0.3 is 0 Å². The highest BCUT2D eigenvalue weighted by Gasteiger charge is 2.31. The van der Waals surface area contributed by atoms with E-state index in [1.54, 1.807) is 17.0 Å². The number of hydrogen-bond donors (Lipinski definition) is 3. The Morgan fingerprint density at radius 1 is 1.00 bits per heavy atom. The number of nitrogens with zero attached hydrogens (tertiary/aromatic N) is 2. The SMILES string of the molecule is Cc1c(/C=C2\C(=O)Nc3ccc(S(=O)(=O)Cc4ccc(F)cc4)cc32)[nH]c2c1C(=O)N(C[C@H](O)CN1CCCCC1)CCC2. The largest absolute Gasteiger partial charge is 0.390 e. The number of sulfone groups is 1. The third-order valence-electron chi connectivity index (χ3n) is 8.76. The summed E-state index contributed by atoms with van der Waals surface area (Å²) in [5.41, 5.74) is 4.37. The van der Waals surface area contributed by atoms with Crippen molar-refractivity contribution < 1.29 is 27.5 Å². The molecule has 44 heavy (non-hydrogen) atoms. The number of aryl methyl sites for hydroxylation is 1. The maximum Gasteiger partial charge on any atom is 0.256 e. The van der Waals surface area contributed by atoms with E-state index in [1.165, 1.54) is 42.8 Å². The minimum absolute atomic E-state index is 0.0518. The second kappa shape index (κ2) is 12.3. The summed E-state index contributed by atoms with van der Waals surface area (Å²) in [6, 6.07) is 9.82. The molecule has 232 valence electrons. The van der Waals surface area contributed by atoms with E-state index < -0.39 is 21.8 Å². The molecule has 2 aromatic carbocycles. The Labute approximate surface area is 256 Å². The number of aliphatic hydroxyl groups is 1. The van der Waals surface area contributed by atoms with Crippen LogP contribution in [0.15, 0.2) is 47.4 Å². The van der Waals surface area contributed by atoms with Crippen molar-refractivity contribution in [3.8, 4) is 0 Å². The predicted octanol–water partition coefficient (Wildman–Crippen LogP) is 4.16. The number of aromatic amines is 1. The van der Waals surface area contributed by atoms with Crippen LogP contribution in [0.1, 0.15) is 64.1 Å². The molecule has 3 aromatic rings. The van der Waals surface area contributed by atoms with E-state index in [-0.39, 0.29) is 29.0 Å². The van der Waals surface area contributed by atoms with Crippen LogP contribution in [0.4, 0.5) is 10.1 Å². The van der Waals surface area contributed by atoms with Crippen LogP contribution in [0.3, 0.4) is 0 Å². The average Bonchev–Trinajstić information content (AvgIpc) is 3.42. The smallest absolute Gasteiger partial charge is 0.256 e. The van der Waals surface area contributed by atoms with E-state index >= 15 is 0 Å². The quantitative estimate of drug-likeness (QED) is 0.325. The number of anilines is 1. The molecule has 1 fully saturated rings. The van der Waals surface area contributed by atoms with Crippen molar-refractivity contribution in [2.24, 2.45) is 0 Å². The Balaban J connectivity index is 1.25. The number of aromatic nitrogens is 1. The lowest BCUT2D eigenvalue weighted by atomic mass is 10.0. The molecule has 0 radical (unpaired) electrons. The van der Waals surface area contributed by atoms with Crippen LogP contribution in [0, 0.1) is 12.7 Å². The lowest BCUT2D eigenvalue weighted by Crippen LogP contribution is -2.44. The van der Waals surface area contributed by atoms with Gasteiger partial charge in [-0.25, -0.2) is 12.8 Å². The molecule has 11 heteroatoms. The van der Waals surface area contributed by atoms with Crippen LogP contribution < -0.4 is 5.32 Å². The number of nitrogens with one attached hydrogen (secondary N) is 2. The molecule has 2 amide bonds. The van der Waals surface area contributed by atoms with Gasteiger partial charge in [0.15, 0.2) is 9.84 Å². The number of rotatable bonds is 8. The number of H-pyrrole nitrogens is 1. The molecule has 1 saturated heterocycles. The molecule has 6 rings (SSSR count). The van der Waals surface area contributed by atoms with Crippen molar-refractivity contribution in [3.05, 3.63) is 81.9 Å². The first-order chi connectivity index (χ1) is 21.1. The summed E-state index contributed by atoms with van der Waals surface area (Å²) >= 11 is 0. The lowest BCUT2D eigenvalue weighted by molar-refractivity contribution is -0.110. The zero-order chi connectivity index (χ0) is 31.0. The van der Waals surface area contributed by atoms with E-state index in [4.69, 9.17) is 0 Å². The van der Waals surface area contributed by atoms with Crippen LogP contribution in [0.2, 0.25) is 0 Å². The number of hydrogen-bond acceptors (Lipinski definition) is 6. The van der Waals surface area contributed by atoms with Crippen molar-refractivity contribution in [1.29, 1.82) is 0 Å². The lowest BCUT2D eigenvalue weighted by Gasteiger charge is -2.31. The minimum Gasteiger partial charge on any atom is -0.390 e. The topological polar surface area (TPSA) is 123 Å². The number of fused-ring (bicyclic) bond motifs is 2. The first-order valence-electron chi connectivity index (χ1n) is 15.1. The number of carbonyl (C=O) groups excluding carboxylic acids is 2. The van der Waals surface area contributed by atoms with Crippen LogP contribution in [0.25, 0.3) is 11.6 Å². The van der Waals surface area contributed by atoms with E-state index in [1.807, 2.05) is 6.92 Å². The number of likely N-dealkylation sites (tertiary alicyclic amines) is 1. The number of amides is 2. The van der Waals surface area contributed by atoms with Crippen molar-refractivity contribution >= 4 is 39.0 Å². The van der Waals surface area contributed by atoms with Gasteiger partial charge in [0, 0.05) is 42.3 Å². The molecular weight excluding hydrogens is 583 g/mol. The second-order valence-electron chi connectivity index (χ2n) is 12.0. The van der Waals surface area contributed by atoms with Gasteiger partial charge in [0.2, 0.25) is 0 Å². The summed E-state index contributed by atoms with van der Waals surface area (Å²) < 4.78 is 39.8. The van der Waals surface area contributed by atoms with Gasteiger partial charge in [-0.15, -0.1) is 0 Å². The van der Waals surface area contributed by atoms with Gasteiger partial charge in [-0.2, -0.15) is 0 Å². The fourth-order valence-corrected chi connectivity index (χ4v) is 7.84. The molecule has 0 bridgehead atoms. The van der Waals surface area contributed by atoms with Gasteiger partial charge < -0.3 is 25.2 Å². The Bertz CT molecular complexity index is 1730. The van der Waals surface area contributed by atoms with Crippen LogP contribution >= 0.6 is 0 Å². The third-order valence-corrected chi connectivity index (χ3v) is 10.4.